The summed E-state index contributed by atoms with van der Waals surface area (Å²) in [7, 11) is 3.31. The maximum absolute atomic E-state index is 13.7. The van der Waals surface area contributed by atoms with Gasteiger partial charge in [0.15, 0.2) is 0 Å². The van der Waals surface area contributed by atoms with Gasteiger partial charge in [0, 0.05) is 23.2 Å². The first kappa shape index (κ1) is 28.5. The molecule has 0 spiro atoms. The van der Waals surface area contributed by atoms with Gasteiger partial charge in [0.25, 0.3) is 5.91 Å². The summed E-state index contributed by atoms with van der Waals surface area (Å²) in [6.45, 7) is 13.4. The van der Waals surface area contributed by atoms with Gasteiger partial charge in [-0.25, -0.2) is 0 Å². The van der Waals surface area contributed by atoms with E-state index in [2.05, 4.69) is 64.3 Å². The molecule has 1 aliphatic carbocycles. The zero-order valence-electron chi connectivity index (χ0n) is 23.8. The van der Waals surface area contributed by atoms with Crippen LogP contribution in [0, 0.1) is 0 Å². The zero-order valence-corrected chi connectivity index (χ0v) is 23.8. The summed E-state index contributed by atoms with van der Waals surface area (Å²) in [4.78, 5) is 26.8. The summed E-state index contributed by atoms with van der Waals surface area (Å²) in [6, 6.07) is 11.2. The maximum atomic E-state index is 13.7. The molecule has 2 N–H and O–H groups in total. The number of hydrogen-bond acceptors (Lipinski definition) is 4. The monoisotopic (exact) mass is 508 g/mol. The van der Waals surface area contributed by atoms with Crippen LogP contribution in [0.5, 0.6) is 11.5 Å². The van der Waals surface area contributed by atoms with Crippen LogP contribution in [0.3, 0.4) is 0 Å². The second-order valence-electron chi connectivity index (χ2n) is 12.2. The van der Waals surface area contributed by atoms with Gasteiger partial charge >= 0.3 is 0 Å². The smallest absolute Gasteiger partial charge is 0.252 e. The fourth-order valence-corrected chi connectivity index (χ4v) is 5.07. The Morgan fingerprint density at radius 1 is 0.838 bits per heavy atom. The van der Waals surface area contributed by atoms with Crippen LogP contribution in [0.2, 0.25) is 0 Å². The van der Waals surface area contributed by atoms with Crippen molar-refractivity contribution in [2.75, 3.05) is 14.2 Å². The predicted molar refractivity (Wildman–Crippen MR) is 149 cm³/mol. The average Bonchev–Trinajstić information content (AvgIpc) is 2.86. The standard InChI is InChI=1S/C31H44N2O4/c1-29(2,3)24-18-21(19-25(26(24)37-8)30(4,5)6)20-32-28(35)31(16-10-9-11-17-31)33-27(34)22-12-14-23(36-7)15-13-22/h12-15,18-19H,9-11,16-17,20H2,1-8H3,(H,32,35)(H,33,34). The summed E-state index contributed by atoms with van der Waals surface area (Å²) in [5.41, 5.74) is 2.61. The molecule has 2 aromatic carbocycles. The largest absolute Gasteiger partial charge is 0.497 e. The molecule has 0 aliphatic heterocycles. The second-order valence-corrected chi connectivity index (χ2v) is 12.2. The SMILES string of the molecule is COc1ccc(C(=O)NC2(C(=O)NCc3cc(C(C)(C)C)c(OC)c(C(C)(C)C)c3)CCCCC2)cc1. The Kier molecular flexibility index (Phi) is 8.61. The van der Waals surface area contributed by atoms with Crippen molar-refractivity contribution in [1.82, 2.24) is 10.6 Å². The molecule has 202 valence electrons. The quantitative estimate of drug-likeness (QED) is 0.477. The molecule has 3 rings (SSSR count). The molecule has 2 amide bonds. The van der Waals surface area contributed by atoms with E-state index in [0.717, 1.165) is 41.7 Å². The van der Waals surface area contributed by atoms with E-state index in [1.807, 2.05) is 0 Å². The van der Waals surface area contributed by atoms with Gasteiger partial charge in [-0.05, 0) is 65.6 Å². The number of benzene rings is 2. The van der Waals surface area contributed by atoms with Gasteiger partial charge in [0.05, 0.1) is 14.2 Å². The highest BCUT2D eigenvalue weighted by Gasteiger charge is 2.41. The van der Waals surface area contributed by atoms with Gasteiger partial charge in [-0.1, -0.05) is 60.8 Å². The normalized spacial score (nSPS) is 15.6. The summed E-state index contributed by atoms with van der Waals surface area (Å²) in [6.07, 6.45) is 4.13. The predicted octanol–water partition coefficient (Wildman–Crippen LogP) is 6.05. The number of nitrogens with one attached hydrogen (secondary N) is 2. The third-order valence-electron chi connectivity index (χ3n) is 7.27. The lowest BCUT2D eigenvalue weighted by molar-refractivity contribution is -0.128. The lowest BCUT2D eigenvalue weighted by atomic mass is 9.78. The van der Waals surface area contributed by atoms with Crippen molar-refractivity contribution >= 4 is 11.8 Å². The van der Waals surface area contributed by atoms with Crippen molar-refractivity contribution in [3.05, 3.63) is 58.7 Å². The fourth-order valence-electron chi connectivity index (χ4n) is 5.07. The first-order chi connectivity index (χ1) is 17.3. The molecule has 0 unspecified atom stereocenters. The van der Waals surface area contributed by atoms with Crippen LogP contribution in [-0.4, -0.2) is 31.6 Å². The number of methoxy groups -OCH3 is 2. The van der Waals surface area contributed by atoms with Crippen molar-refractivity contribution in [2.45, 2.75) is 96.6 Å². The van der Waals surface area contributed by atoms with Crippen LogP contribution in [-0.2, 0) is 22.2 Å². The van der Waals surface area contributed by atoms with Crippen molar-refractivity contribution in [1.29, 1.82) is 0 Å². The molecule has 6 heteroatoms. The van der Waals surface area contributed by atoms with Crippen LogP contribution in [0.4, 0.5) is 0 Å². The van der Waals surface area contributed by atoms with E-state index in [1.165, 1.54) is 0 Å². The highest BCUT2D eigenvalue weighted by atomic mass is 16.5. The van der Waals surface area contributed by atoms with E-state index >= 15 is 0 Å². The molecule has 37 heavy (non-hydrogen) atoms. The topological polar surface area (TPSA) is 76.7 Å². The van der Waals surface area contributed by atoms with E-state index < -0.39 is 5.54 Å². The number of ether oxygens (including phenoxy) is 2. The van der Waals surface area contributed by atoms with Crippen LogP contribution in [0.1, 0.15) is 101 Å². The van der Waals surface area contributed by atoms with E-state index in [-0.39, 0.29) is 22.6 Å². The molecular formula is C31H44N2O4. The van der Waals surface area contributed by atoms with E-state index in [1.54, 1.807) is 38.5 Å². The van der Waals surface area contributed by atoms with Crippen LogP contribution >= 0.6 is 0 Å². The van der Waals surface area contributed by atoms with E-state index in [4.69, 9.17) is 9.47 Å². The van der Waals surface area contributed by atoms with Crippen molar-refractivity contribution in [2.24, 2.45) is 0 Å². The van der Waals surface area contributed by atoms with Crippen molar-refractivity contribution in [3.8, 4) is 11.5 Å². The van der Waals surface area contributed by atoms with Gasteiger partial charge in [-0.15, -0.1) is 0 Å². The van der Waals surface area contributed by atoms with E-state index in [9.17, 15) is 9.59 Å². The Morgan fingerprint density at radius 2 is 1.38 bits per heavy atom. The van der Waals surface area contributed by atoms with Crippen molar-refractivity contribution in [3.63, 3.8) is 0 Å². The summed E-state index contributed by atoms with van der Waals surface area (Å²) < 4.78 is 11.1. The van der Waals surface area contributed by atoms with E-state index in [0.29, 0.717) is 30.7 Å². The maximum Gasteiger partial charge on any atom is 0.252 e. The zero-order chi connectivity index (χ0) is 27.4. The van der Waals surface area contributed by atoms with Gasteiger partial charge in [-0.3, -0.25) is 9.59 Å². The molecule has 0 radical (unpaired) electrons. The molecule has 0 heterocycles. The minimum absolute atomic E-state index is 0.123. The second kappa shape index (κ2) is 11.2. The molecule has 1 fully saturated rings. The summed E-state index contributed by atoms with van der Waals surface area (Å²) >= 11 is 0. The van der Waals surface area contributed by atoms with Crippen LogP contribution in [0.25, 0.3) is 0 Å². The van der Waals surface area contributed by atoms with Gasteiger partial charge < -0.3 is 20.1 Å². The summed E-state index contributed by atoms with van der Waals surface area (Å²) in [5.74, 6) is 1.23. The minimum Gasteiger partial charge on any atom is -0.497 e. The molecular weight excluding hydrogens is 464 g/mol. The molecule has 0 atom stereocenters. The van der Waals surface area contributed by atoms with Crippen molar-refractivity contribution < 1.29 is 19.1 Å². The molecule has 0 aromatic heterocycles. The van der Waals surface area contributed by atoms with Crippen LogP contribution < -0.4 is 20.1 Å². The molecule has 1 saturated carbocycles. The van der Waals surface area contributed by atoms with Gasteiger partial charge in [-0.2, -0.15) is 0 Å². The third kappa shape index (κ3) is 6.65. The van der Waals surface area contributed by atoms with Gasteiger partial charge in [0.2, 0.25) is 5.91 Å². The number of rotatable bonds is 7. The number of hydrogen-bond donors (Lipinski definition) is 2. The molecule has 0 saturated heterocycles. The highest BCUT2D eigenvalue weighted by molar-refractivity contribution is 5.99. The number of amides is 2. The Labute approximate surface area is 222 Å². The fraction of sp³-hybridized carbons (Fsp3) is 0.548. The summed E-state index contributed by atoms with van der Waals surface area (Å²) in [5, 5.41) is 6.26. The molecule has 2 aromatic rings. The first-order valence-electron chi connectivity index (χ1n) is 13.3. The Balaban J connectivity index is 1.86. The lowest BCUT2D eigenvalue weighted by Crippen LogP contribution is -2.59. The lowest BCUT2D eigenvalue weighted by Gasteiger charge is -2.37. The Hall–Kier alpha value is -3.02. The minimum atomic E-state index is -0.915. The number of carbonyl (C=O) groups is 2. The molecule has 6 nitrogen and oxygen atoms in total. The number of carbonyl (C=O) groups excluding carboxylic acids is 2. The Morgan fingerprint density at radius 3 is 1.84 bits per heavy atom. The molecule has 1 aliphatic rings. The van der Waals surface area contributed by atoms with Gasteiger partial charge in [0.1, 0.15) is 17.0 Å². The van der Waals surface area contributed by atoms with Crippen LogP contribution in [0.15, 0.2) is 36.4 Å². The molecule has 0 bridgehead atoms. The first-order valence-corrected chi connectivity index (χ1v) is 13.3. The highest BCUT2D eigenvalue weighted by Crippen LogP contribution is 2.40. The average molecular weight is 509 g/mol. The Bertz CT molecular complexity index is 1070. The third-order valence-corrected chi connectivity index (χ3v) is 7.27.